The molecule has 18 heavy (non-hydrogen) atoms. The summed E-state index contributed by atoms with van der Waals surface area (Å²) in [5, 5.41) is 2.35. The molecule has 6 heteroatoms. The van der Waals surface area contributed by atoms with Crippen LogP contribution >= 0.6 is 0 Å². The fourth-order valence-electron chi connectivity index (χ4n) is 1.30. The third-order valence-electron chi connectivity index (χ3n) is 2.23. The second-order valence-corrected chi connectivity index (χ2v) is 3.56. The van der Waals surface area contributed by atoms with Gasteiger partial charge < -0.3 is 22.5 Å². The number of nitrogens with two attached hydrogens (primary N) is 3. The molecule has 0 radical (unpaired) electrons. The molecule has 0 heterocycles. The second kappa shape index (κ2) is 5.72. The van der Waals surface area contributed by atoms with Gasteiger partial charge in [-0.1, -0.05) is 0 Å². The molecule has 7 N–H and O–H groups in total. The van der Waals surface area contributed by atoms with Gasteiger partial charge in [-0.25, -0.2) is 4.39 Å². The molecule has 0 spiro atoms. The molecule has 1 rings (SSSR count). The van der Waals surface area contributed by atoms with Crippen molar-refractivity contribution in [2.75, 3.05) is 7.05 Å². The van der Waals surface area contributed by atoms with E-state index in [0.717, 1.165) is 0 Å². The van der Waals surface area contributed by atoms with Gasteiger partial charge in [0.25, 0.3) is 5.91 Å². The number of benzene rings is 1. The number of hydrogen-bond donors (Lipinski definition) is 4. The van der Waals surface area contributed by atoms with Gasteiger partial charge in [0.05, 0.1) is 11.4 Å². The summed E-state index contributed by atoms with van der Waals surface area (Å²) in [5.74, 6) is -1.03. The molecule has 1 aromatic rings. The van der Waals surface area contributed by atoms with E-state index in [1.165, 1.54) is 37.4 Å². The van der Waals surface area contributed by atoms with Crippen LogP contribution in [0.5, 0.6) is 0 Å². The lowest BCUT2D eigenvalue weighted by atomic mass is 10.1. The van der Waals surface area contributed by atoms with Crippen LogP contribution in [0, 0.1) is 5.82 Å². The zero-order chi connectivity index (χ0) is 13.7. The van der Waals surface area contributed by atoms with Crippen molar-refractivity contribution in [1.82, 2.24) is 5.32 Å². The standard InChI is InChI=1S/C12H15FN4O/c1-17-12(18)8-6-7(2-3-9(8)13)10(14)4-5-11(15)16/h2-6H,14-16H2,1H3,(H,17,18)/b10-4-. The van der Waals surface area contributed by atoms with Gasteiger partial charge in [0.15, 0.2) is 0 Å². The molecule has 0 aliphatic carbocycles. The van der Waals surface area contributed by atoms with E-state index in [9.17, 15) is 9.18 Å². The summed E-state index contributed by atoms with van der Waals surface area (Å²) in [6.07, 6.45) is 2.90. The van der Waals surface area contributed by atoms with Gasteiger partial charge in [-0.05, 0) is 35.9 Å². The first-order chi connectivity index (χ1) is 8.45. The highest BCUT2D eigenvalue weighted by Crippen LogP contribution is 2.15. The number of allylic oxidation sites excluding steroid dienone is 2. The zero-order valence-corrected chi connectivity index (χ0v) is 9.91. The largest absolute Gasteiger partial charge is 0.398 e. The number of rotatable bonds is 3. The van der Waals surface area contributed by atoms with Crippen LogP contribution in [-0.2, 0) is 0 Å². The predicted octanol–water partition coefficient (Wildman–Crippen LogP) is 0.244. The Labute approximate surface area is 104 Å². The van der Waals surface area contributed by atoms with Crippen molar-refractivity contribution in [1.29, 1.82) is 0 Å². The summed E-state index contributed by atoms with van der Waals surface area (Å²) in [5.41, 5.74) is 17.0. The highest BCUT2D eigenvalue weighted by atomic mass is 19.1. The average Bonchev–Trinajstić information content (AvgIpc) is 2.35. The summed E-state index contributed by atoms with van der Waals surface area (Å²) in [4.78, 5) is 11.4. The van der Waals surface area contributed by atoms with Gasteiger partial charge in [0, 0.05) is 12.7 Å². The van der Waals surface area contributed by atoms with Gasteiger partial charge in [-0.3, -0.25) is 4.79 Å². The summed E-state index contributed by atoms with van der Waals surface area (Å²) in [6, 6.07) is 4.00. The van der Waals surface area contributed by atoms with E-state index in [1.54, 1.807) is 0 Å². The topological polar surface area (TPSA) is 107 Å². The van der Waals surface area contributed by atoms with Crippen LogP contribution in [0.2, 0.25) is 0 Å². The van der Waals surface area contributed by atoms with Crippen LogP contribution < -0.4 is 22.5 Å². The van der Waals surface area contributed by atoms with Gasteiger partial charge >= 0.3 is 0 Å². The van der Waals surface area contributed by atoms with E-state index < -0.39 is 11.7 Å². The number of carbonyl (C=O) groups is 1. The lowest BCUT2D eigenvalue weighted by Crippen LogP contribution is -2.19. The van der Waals surface area contributed by atoms with E-state index in [1.807, 2.05) is 0 Å². The maximum atomic E-state index is 13.4. The van der Waals surface area contributed by atoms with Gasteiger partial charge in [0.2, 0.25) is 0 Å². The van der Waals surface area contributed by atoms with Crippen molar-refractivity contribution in [3.63, 3.8) is 0 Å². The Hall–Kier alpha value is -2.50. The summed E-state index contributed by atoms with van der Waals surface area (Å²) < 4.78 is 13.4. The number of carbonyl (C=O) groups excluding carboxylic acids is 1. The fraction of sp³-hybridized carbons (Fsp3) is 0.0833. The average molecular weight is 250 g/mol. The van der Waals surface area contributed by atoms with Crippen molar-refractivity contribution in [3.8, 4) is 0 Å². The summed E-state index contributed by atoms with van der Waals surface area (Å²) in [7, 11) is 1.42. The molecule has 0 bridgehead atoms. The molecular weight excluding hydrogens is 235 g/mol. The quantitative estimate of drug-likeness (QED) is 0.576. The molecule has 0 fully saturated rings. The summed E-state index contributed by atoms with van der Waals surface area (Å²) >= 11 is 0. The minimum atomic E-state index is -0.611. The van der Waals surface area contributed by atoms with E-state index in [4.69, 9.17) is 17.2 Å². The van der Waals surface area contributed by atoms with Crippen LogP contribution in [0.15, 0.2) is 36.2 Å². The highest BCUT2D eigenvalue weighted by molar-refractivity contribution is 5.95. The van der Waals surface area contributed by atoms with Crippen LogP contribution in [0.25, 0.3) is 5.70 Å². The Morgan fingerprint density at radius 3 is 2.50 bits per heavy atom. The van der Waals surface area contributed by atoms with Gasteiger partial charge in [-0.15, -0.1) is 0 Å². The lowest BCUT2D eigenvalue weighted by molar-refractivity contribution is 0.0959. The number of nitrogens with one attached hydrogen (secondary N) is 1. The minimum absolute atomic E-state index is 0.0731. The molecule has 0 atom stereocenters. The monoisotopic (exact) mass is 250 g/mol. The van der Waals surface area contributed by atoms with E-state index in [2.05, 4.69) is 5.32 Å². The fourth-order valence-corrected chi connectivity index (χ4v) is 1.30. The molecular formula is C12H15FN4O. The molecule has 96 valence electrons. The van der Waals surface area contributed by atoms with Crippen molar-refractivity contribution in [3.05, 3.63) is 53.1 Å². The molecule has 1 amide bonds. The van der Waals surface area contributed by atoms with Gasteiger partial charge in [0.1, 0.15) is 5.82 Å². The Balaban J connectivity index is 3.16. The predicted molar refractivity (Wildman–Crippen MR) is 68.4 cm³/mol. The number of halogens is 1. The molecule has 0 aromatic heterocycles. The third kappa shape index (κ3) is 3.24. The Kier molecular flexibility index (Phi) is 4.31. The third-order valence-corrected chi connectivity index (χ3v) is 2.23. The van der Waals surface area contributed by atoms with E-state index >= 15 is 0 Å². The molecule has 5 nitrogen and oxygen atoms in total. The van der Waals surface area contributed by atoms with E-state index in [0.29, 0.717) is 11.3 Å². The first-order valence-corrected chi connectivity index (χ1v) is 5.16. The second-order valence-electron chi connectivity index (χ2n) is 3.56. The van der Waals surface area contributed by atoms with Crippen LogP contribution in [0.4, 0.5) is 4.39 Å². The molecule has 0 aliphatic rings. The minimum Gasteiger partial charge on any atom is -0.398 e. The van der Waals surface area contributed by atoms with Crippen molar-refractivity contribution in [2.45, 2.75) is 0 Å². The first-order valence-electron chi connectivity index (χ1n) is 5.16. The summed E-state index contributed by atoms with van der Waals surface area (Å²) in [6.45, 7) is 0. The first kappa shape index (κ1) is 13.6. The van der Waals surface area contributed by atoms with Crippen LogP contribution in [0.3, 0.4) is 0 Å². The Bertz CT molecular complexity index is 519. The SMILES string of the molecule is CNC(=O)c1cc(/C(N)=C/C=C(N)N)ccc1F. The number of hydrogen-bond acceptors (Lipinski definition) is 4. The van der Waals surface area contributed by atoms with Crippen molar-refractivity contribution < 1.29 is 9.18 Å². The number of amides is 1. The zero-order valence-electron chi connectivity index (χ0n) is 9.91. The van der Waals surface area contributed by atoms with Gasteiger partial charge in [-0.2, -0.15) is 0 Å². The molecule has 0 unspecified atom stereocenters. The molecule has 0 aliphatic heterocycles. The van der Waals surface area contributed by atoms with Crippen molar-refractivity contribution >= 4 is 11.6 Å². The Morgan fingerprint density at radius 1 is 1.28 bits per heavy atom. The van der Waals surface area contributed by atoms with Crippen LogP contribution in [-0.4, -0.2) is 13.0 Å². The lowest BCUT2D eigenvalue weighted by Gasteiger charge is -2.06. The molecule has 1 aromatic carbocycles. The smallest absolute Gasteiger partial charge is 0.254 e. The molecule has 0 saturated heterocycles. The highest BCUT2D eigenvalue weighted by Gasteiger charge is 2.11. The maximum Gasteiger partial charge on any atom is 0.254 e. The van der Waals surface area contributed by atoms with E-state index in [-0.39, 0.29) is 11.4 Å². The maximum absolute atomic E-state index is 13.4. The Morgan fingerprint density at radius 2 is 1.94 bits per heavy atom. The normalized spacial score (nSPS) is 10.9. The molecule has 0 saturated carbocycles. The van der Waals surface area contributed by atoms with Crippen molar-refractivity contribution in [2.24, 2.45) is 17.2 Å². The van der Waals surface area contributed by atoms with Crippen LogP contribution in [0.1, 0.15) is 15.9 Å².